The van der Waals surface area contributed by atoms with Gasteiger partial charge in [-0.05, 0) is 36.2 Å². The first-order chi connectivity index (χ1) is 11.3. The Morgan fingerprint density at radius 1 is 1.38 bits per heavy atom. The molecule has 24 heavy (non-hydrogen) atoms. The maximum atomic E-state index is 13.2. The van der Waals surface area contributed by atoms with Crippen LogP contribution in [0.5, 0.6) is 0 Å². The molecule has 0 aliphatic carbocycles. The van der Waals surface area contributed by atoms with E-state index in [1.807, 2.05) is 0 Å². The average Bonchev–Trinajstić information content (AvgIpc) is 2.94. The number of carbonyl (C=O) groups excluding carboxylic acids is 1. The van der Waals surface area contributed by atoms with Crippen molar-refractivity contribution in [2.45, 2.75) is 24.1 Å². The van der Waals surface area contributed by atoms with Gasteiger partial charge in [-0.3, -0.25) is 9.52 Å². The van der Waals surface area contributed by atoms with Crippen molar-refractivity contribution in [2.24, 2.45) is 0 Å². The van der Waals surface area contributed by atoms with Crippen molar-refractivity contribution in [1.82, 2.24) is 4.90 Å². The lowest BCUT2D eigenvalue weighted by Crippen LogP contribution is -2.33. The van der Waals surface area contributed by atoms with Crippen molar-refractivity contribution in [3.8, 4) is 0 Å². The van der Waals surface area contributed by atoms with Crippen LogP contribution in [0, 0.1) is 5.82 Å². The number of anilines is 1. The zero-order chi connectivity index (χ0) is 17.5. The summed E-state index contributed by atoms with van der Waals surface area (Å²) in [6, 6.07) is 5.22. The van der Waals surface area contributed by atoms with E-state index in [-0.39, 0.29) is 20.8 Å². The summed E-state index contributed by atoms with van der Waals surface area (Å²) in [6.45, 7) is 2.50. The summed E-state index contributed by atoms with van der Waals surface area (Å²) in [4.78, 5) is 14.1. The molecule has 0 spiro atoms. The molecule has 9 heteroatoms. The zero-order valence-corrected chi connectivity index (χ0v) is 15.1. The van der Waals surface area contributed by atoms with Gasteiger partial charge < -0.3 is 4.90 Å². The van der Waals surface area contributed by atoms with Crippen LogP contribution in [0.4, 0.5) is 10.1 Å². The van der Waals surface area contributed by atoms with E-state index in [4.69, 9.17) is 11.6 Å². The maximum absolute atomic E-state index is 13.2. The van der Waals surface area contributed by atoms with Crippen LogP contribution in [0.2, 0.25) is 5.02 Å². The largest absolute Gasteiger partial charge is 0.338 e. The minimum Gasteiger partial charge on any atom is -0.338 e. The van der Waals surface area contributed by atoms with Gasteiger partial charge in [0.15, 0.2) is 0 Å². The fourth-order valence-electron chi connectivity index (χ4n) is 2.47. The van der Waals surface area contributed by atoms with Gasteiger partial charge in [-0.25, -0.2) is 12.8 Å². The molecule has 0 saturated heterocycles. The number of nitrogens with zero attached hydrogens (tertiary/aromatic N) is 1. The number of amides is 1. The Balaban J connectivity index is 1.86. The number of thiophene rings is 1. The van der Waals surface area contributed by atoms with Crippen molar-refractivity contribution < 1.29 is 17.6 Å². The number of carbonyl (C=O) groups is 1. The summed E-state index contributed by atoms with van der Waals surface area (Å²) in [5.41, 5.74) is 1.04. The number of benzene rings is 1. The number of hydrogen-bond acceptors (Lipinski definition) is 4. The van der Waals surface area contributed by atoms with Crippen LogP contribution in [-0.4, -0.2) is 25.8 Å². The second-order valence-corrected chi connectivity index (χ2v) is 8.89. The molecule has 0 saturated carbocycles. The van der Waals surface area contributed by atoms with Crippen molar-refractivity contribution in [1.29, 1.82) is 0 Å². The van der Waals surface area contributed by atoms with Gasteiger partial charge in [-0.1, -0.05) is 11.6 Å². The second kappa shape index (κ2) is 6.34. The molecule has 1 aromatic heterocycles. The van der Waals surface area contributed by atoms with Crippen LogP contribution < -0.4 is 4.72 Å². The first-order valence-electron chi connectivity index (χ1n) is 7.11. The molecule has 3 rings (SSSR count). The van der Waals surface area contributed by atoms with E-state index in [9.17, 15) is 17.6 Å². The van der Waals surface area contributed by atoms with E-state index in [0.717, 1.165) is 16.5 Å². The molecule has 1 aromatic carbocycles. The van der Waals surface area contributed by atoms with E-state index >= 15 is 0 Å². The highest BCUT2D eigenvalue weighted by molar-refractivity contribution is 7.94. The van der Waals surface area contributed by atoms with E-state index in [2.05, 4.69) is 4.72 Å². The summed E-state index contributed by atoms with van der Waals surface area (Å²) in [7, 11) is -3.79. The Morgan fingerprint density at radius 3 is 2.79 bits per heavy atom. The predicted octanol–water partition coefficient (Wildman–Crippen LogP) is 3.25. The lowest BCUT2D eigenvalue weighted by molar-refractivity contribution is -0.129. The van der Waals surface area contributed by atoms with Crippen molar-refractivity contribution in [3.05, 3.63) is 45.5 Å². The van der Waals surface area contributed by atoms with Crippen LogP contribution in [0.25, 0.3) is 0 Å². The SMILES string of the molecule is CC(=O)N1CCc2sc(S(=O)(=O)Nc3ccc(F)c(Cl)c3)cc2C1. The van der Waals surface area contributed by atoms with Gasteiger partial charge in [0.05, 0.1) is 10.7 Å². The monoisotopic (exact) mass is 388 g/mol. The summed E-state index contributed by atoms with van der Waals surface area (Å²) in [5, 5.41) is -0.155. The lowest BCUT2D eigenvalue weighted by atomic mass is 10.1. The number of halogens is 2. The van der Waals surface area contributed by atoms with Crippen LogP contribution >= 0.6 is 22.9 Å². The van der Waals surface area contributed by atoms with E-state index in [1.165, 1.54) is 30.4 Å². The summed E-state index contributed by atoms with van der Waals surface area (Å²) >= 11 is 6.86. The van der Waals surface area contributed by atoms with Gasteiger partial charge in [-0.15, -0.1) is 11.3 Å². The molecule has 128 valence electrons. The molecule has 2 heterocycles. The zero-order valence-electron chi connectivity index (χ0n) is 12.7. The van der Waals surface area contributed by atoms with Gasteiger partial charge in [-0.2, -0.15) is 0 Å². The smallest absolute Gasteiger partial charge is 0.271 e. The van der Waals surface area contributed by atoms with Gasteiger partial charge in [0.1, 0.15) is 10.0 Å². The Morgan fingerprint density at radius 2 is 2.12 bits per heavy atom. The first kappa shape index (κ1) is 17.2. The van der Waals surface area contributed by atoms with Crippen molar-refractivity contribution in [3.63, 3.8) is 0 Å². The second-order valence-electron chi connectivity index (χ2n) is 5.44. The van der Waals surface area contributed by atoms with E-state index in [0.29, 0.717) is 19.5 Å². The fourth-order valence-corrected chi connectivity index (χ4v) is 5.25. The Kier molecular flexibility index (Phi) is 4.54. The minimum absolute atomic E-state index is 0.0321. The maximum Gasteiger partial charge on any atom is 0.271 e. The van der Waals surface area contributed by atoms with Crippen LogP contribution in [0.1, 0.15) is 17.4 Å². The third-order valence-electron chi connectivity index (χ3n) is 3.73. The molecule has 0 radical (unpaired) electrons. The van der Waals surface area contributed by atoms with Crippen molar-refractivity contribution >= 4 is 44.6 Å². The predicted molar refractivity (Wildman–Crippen MR) is 91.3 cm³/mol. The Labute approximate surface area is 148 Å². The minimum atomic E-state index is -3.79. The lowest BCUT2D eigenvalue weighted by Gasteiger charge is -2.25. The number of rotatable bonds is 3. The number of nitrogens with one attached hydrogen (secondary N) is 1. The van der Waals surface area contributed by atoms with Gasteiger partial charge >= 0.3 is 0 Å². The molecule has 0 fully saturated rings. The molecular weight excluding hydrogens is 375 g/mol. The molecule has 1 N–H and O–H groups in total. The molecule has 1 aliphatic rings. The summed E-state index contributed by atoms with van der Waals surface area (Å²) in [5.74, 6) is -0.647. The van der Waals surface area contributed by atoms with Crippen LogP contribution in [-0.2, 0) is 27.8 Å². The third kappa shape index (κ3) is 3.40. The molecule has 0 bridgehead atoms. The molecule has 1 amide bonds. The summed E-state index contributed by atoms with van der Waals surface area (Å²) in [6.07, 6.45) is 0.636. The molecule has 0 atom stereocenters. The van der Waals surface area contributed by atoms with Crippen LogP contribution in [0.3, 0.4) is 0 Å². The van der Waals surface area contributed by atoms with E-state index in [1.54, 1.807) is 11.0 Å². The Hall–Kier alpha value is -1.64. The van der Waals surface area contributed by atoms with Gasteiger partial charge in [0, 0.05) is 24.9 Å². The van der Waals surface area contributed by atoms with E-state index < -0.39 is 15.8 Å². The molecule has 5 nitrogen and oxygen atoms in total. The highest BCUT2D eigenvalue weighted by Gasteiger charge is 2.25. The number of sulfonamides is 1. The molecule has 2 aromatic rings. The first-order valence-corrected chi connectivity index (χ1v) is 9.79. The normalized spacial score (nSPS) is 14.4. The third-order valence-corrected chi connectivity index (χ3v) is 7.11. The standard InChI is InChI=1S/C15H14ClFN2O3S2/c1-9(20)19-5-4-14-10(8-19)6-15(23-14)24(21,22)18-11-2-3-13(17)12(16)7-11/h2-3,6-7,18H,4-5,8H2,1H3. The van der Waals surface area contributed by atoms with Gasteiger partial charge in [0.25, 0.3) is 10.0 Å². The fraction of sp³-hybridized carbons (Fsp3) is 0.267. The quantitative estimate of drug-likeness (QED) is 0.877. The summed E-state index contributed by atoms with van der Waals surface area (Å²) < 4.78 is 40.8. The average molecular weight is 389 g/mol. The number of hydrogen-bond donors (Lipinski definition) is 1. The van der Waals surface area contributed by atoms with Crippen LogP contribution in [0.15, 0.2) is 28.5 Å². The highest BCUT2D eigenvalue weighted by Crippen LogP contribution is 2.32. The van der Waals surface area contributed by atoms with Crippen molar-refractivity contribution in [2.75, 3.05) is 11.3 Å². The Bertz CT molecular complexity index is 911. The number of fused-ring (bicyclic) bond motifs is 1. The van der Waals surface area contributed by atoms with Gasteiger partial charge in [0.2, 0.25) is 5.91 Å². The topological polar surface area (TPSA) is 66.5 Å². The molecule has 1 aliphatic heterocycles. The molecule has 0 unspecified atom stereocenters. The molecular formula is C15H14ClFN2O3S2. The highest BCUT2D eigenvalue weighted by atomic mass is 35.5.